The van der Waals surface area contributed by atoms with E-state index in [-0.39, 0.29) is 5.75 Å². The molecule has 2 rings (SSSR count). The highest BCUT2D eigenvalue weighted by atomic mass is 19.4. The summed E-state index contributed by atoms with van der Waals surface area (Å²) in [5, 5.41) is 3.16. The molecule has 118 valence electrons. The van der Waals surface area contributed by atoms with Gasteiger partial charge in [-0.1, -0.05) is 12.5 Å². The molecule has 1 unspecified atom stereocenters. The van der Waals surface area contributed by atoms with Crippen molar-refractivity contribution in [3.63, 3.8) is 0 Å². The Kier molecular flexibility index (Phi) is 5.33. The number of likely N-dealkylation sites (tertiary alicyclic amines) is 1. The Labute approximate surface area is 123 Å². The third-order valence-corrected chi connectivity index (χ3v) is 3.80. The number of halogens is 3. The third-order valence-electron chi connectivity index (χ3n) is 3.80. The van der Waals surface area contributed by atoms with Crippen molar-refractivity contribution < 1.29 is 17.9 Å². The standard InChI is InChI=1S/C15H21F3N2O/c1-20-10-3-2-6-13(20)8-9-19-12-5-4-7-14(11-12)21-15(16,17)18/h4-5,7,11,13,19H,2-3,6,8-10H2,1H3. The minimum atomic E-state index is -4.65. The first-order chi connectivity index (χ1) is 9.94. The van der Waals surface area contributed by atoms with E-state index < -0.39 is 6.36 Å². The van der Waals surface area contributed by atoms with Crippen molar-refractivity contribution in [2.24, 2.45) is 0 Å². The van der Waals surface area contributed by atoms with Crippen LogP contribution in [-0.2, 0) is 0 Å². The van der Waals surface area contributed by atoms with Crippen LogP contribution in [0.1, 0.15) is 25.7 Å². The zero-order valence-corrected chi connectivity index (χ0v) is 12.1. The van der Waals surface area contributed by atoms with Gasteiger partial charge in [0.25, 0.3) is 0 Å². The Morgan fingerprint density at radius 1 is 1.33 bits per heavy atom. The van der Waals surface area contributed by atoms with E-state index >= 15 is 0 Å². The Balaban J connectivity index is 1.81. The Hall–Kier alpha value is -1.43. The maximum absolute atomic E-state index is 12.2. The van der Waals surface area contributed by atoms with Gasteiger partial charge in [0.2, 0.25) is 0 Å². The van der Waals surface area contributed by atoms with Crippen molar-refractivity contribution in [2.75, 3.05) is 25.5 Å². The van der Waals surface area contributed by atoms with E-state index in [0.717, 1.165) is 19.5 Å². The van der Waals surface area contributed by atoms with Crippen LogP contribution in [0.3, 0.4) is 0 Å². The minimum absolute atomic E-state index is 0.192. The van der Waals surface area contributed by atoms with Gasteiger partial charge in [-0.3, -0.25) is 0 Å². The molecule has 1 N–H and O–H groups in total. The first-order valence-corrected chi connectivity index (χ1v) is 7.24. The van der Waals surface area contributed by atoms with Crippen molar-refractivity contribution in [2.45, 2.75) is 38.1 Å². The fourth-order valence-corrected chi connectivity index (χ4v) is 2.70. The van der Waals surface area contributed by atoms with Crippen LogP contribution in [0.15, 0.2) is 24.3 Å². The van der Waals surface area contributed by atoms with Crippen molar-refractivity contribution in [1.29, 1.82) is 0 Å². The third kappa shape index (κ3) is 5.46. The van der Waals surface area contributed by atoms with Crippen LogP contribution in [0.25, 0.3) is 0 Å². The lowest BCUT2D eigenvalue weighted by atomic mass is 10.0. The minimum Gasteiger partial charge on any atom is -0.406 e. The molecule has 1 fully saturated rings. The number of ether oxygens (including phenoxy) is 1. The van der Waals surface area contributed by atoms with Crippen LogP contribution in [-0.4, -0.2) is 37.4 Å². The molecule has 1 aliphatic rings. The first kappa shape index (κ1) is 15.9. The average molecular weight is 302 g/mol. The molecule has 0 aromatic heterocycles. The highest BCUT2D eigenvalue weighted by Crippen LogP contribution is 2.25. The molecule has 0 radical (unpaired) electrons. The molecule has 1 aliphatic heterocycles. The highest BCUT2D eigenvalue weighted by molar-refractivity contribution is 5.48. The number of anilines is 1. The summed E-state index contributed by atoms with van der Waals surface area (Å²) in [6, 6.07) is 6.52. The topological polar surface area (TPSA) is 24.5 Å². The average Bonchev–Trinajstić information content (AvgIpc) is 2.39. The lowest BCUT2D eigenvalue weighted by molar-refractivity contribution is -0.274. The summed E-state index contributed by atoms with van der Waals surface area (Å²) in [6.45, 7) is 1.87. The molecule has 3 nitrogen and oxygen atoms in total. The van der Waals surface area contributed by atoms with Gasteiger partial charge in [0, 0.05) is 24.3 Å². The number of hydrogen-bond acceptors (Lipinski definition) is 3. The van der Waals surface area contributed by atoms with Crippen LogP contribution in [0.2, 0.25) is 0 Å². The number of benzene rings is 1. The van der Waals surface area contributed by atoms with Crippen molar-refractivity contribution in [3.8, 4) is 5.75 Å². The molecule has 6 heteroatoms. The number of hydrogen-bond donors (Lipinski definition) is 1. The van der Waals surface area contributed by atoms with Gasteiger partial charge in [0.05, 0.1) is 0 Å². The van der Waals surface area contributed by atoms with Crippen LogP contribution >= 0.6 is 0 Å². The summed E-state index contributed by atoms with van der Waals surface area (Å²) in [4.78, 5) is 2.36. The molecular weight excluding hydrogens is 281 g/mol. The molecule has 0 amide bonds. The fraction of sp³-hybridized carbons (Fsp3) is 0.600. The van der Waals surface area contributed by atoms with E-state index in [4.69, 9.17) is 0 Å². The monoisotopic (exact) mass is 302 g/mol. The summed E-state index contributed by atoms with van der Waals surface area (Å²) in [6.07, 6.45) is 0.0286. The lowest BCUT2D eigenvalue weighted by Crippen LogP contribution is -2.37. The molecule has 1 aromatic carbocycles. The van der Waals surface area contributed by atoms with Gasteiger partial charge in [0.1, 0.15) is 5.75 Å². The van der Waals surface area contributed by atoms with E-state index in [2.05, 4.69) is 22.0 Å². The Morgan fingerprint density at radius 2 is 2.14 bits per heavy atom. The Bertz CT molecular complexity index is 451. The van der Waals surface area contributed by atoms with Gasteiger partial charge in [-0.2, -0.15) is 0 Å². The first-order valence-electron chi connectivity index (χ1n) is 7.24. The second kappa shape index (κ2) is 7.02. The summed E-state index contributed by atoms with van der Waals surface area (Å²) in [5.41, 5.74) is 0.648. The molecular formula is C15H21F3N2O. The van der Waals surface area contributed by atoms with Crippen molar-refractivity contribution in [1.82, 2.24) is 4.90 Å². The van der Waals surface area contributed by atoms with Crippen LogP contribution < -0.4 is 10.1 Å². The van der Waals surface area contributed by atoms with Gasteiger partial charge in [-0.05, 0) is 45.0 Å². The van der Waals surface area contributed by atoms with E-state index in [0.29, 0.717) is 11.7 Å². The Morgan fingerprint density at radius 3 is 2.86 bits per heavy atom. The highest BCUT2D eigenvalue weighted by Gasteiger charge is 2.31. The second-order valence-electron chi connectivity index (χ2n) is 5.42. The maximum Gasteiger partial charge on any atom is 0.573 e. The fourth-order valence-electron chi connectivity index (χ4n) is 2.70. The molecule has 21 heavy (non-hydrogen) atoms. The molecule has 0 saturated carbocycles. The van der Waals surface area contributed by atoms with Crippen LogP contribution in [0.4, 0.5) is 18.9 Å². The summed E-state index contributed by atoms with van der Waals surface area (Å²) in [5.74, 6) is -0.192. The van der Waals surface area contributed by atoms with E-state index in [1.807, 2.05) is 0 Å². The molecule has 0 spiro atoms. The molecule has 1 saturated heterocycles. The van der Waals surface area contributed by atoms with E-state index in [1.54, 1.807) is 12.1 Å². The smallest absolute Gasteiger partial charge is 0.406 e. The quantitative estimate of drug-likeness (QED) is 0.893. The molecule has 1 heterocycles. The lowest BCUT2D eigenvalue weighted by Gasteiger charge is -2.32. The number of rotatable bonds is 5. The van der Waals surface area contributed by atoms with Gasteiger partial charge in [0.15, 0.2) is 0 Å². The van der Waals surface area contributed by atoms with Crippen LogP contribution in [0.5, 0.6) is 5.75 Å². The van der Waals surface area contributed by atoms with Gasteiger partial charge in [-0.15, -0.1) is 13.2 Å². The summed E-state index contributed by atoms with van der Waals surface area (Å²) in [7, 11) is 2.13. The predicted molar refractivity (Wildman–Crippen MR) is 76.5 cm³/mol. The maximum atomic E-state index is 12.2. The molecule has 0 aliphatic carbocycles. The SMILES string of the molecule is CN1CCCCC1CCNc1cccc(OC(F)(F)F)c1. The predicted octanol–water partition coefficient (Wildman–Crippen LogP) is 3.87. The number of alkyl halides is 3. The van der Waals surface area contributed by atoms with Crippen molar-refractivity contribution >= 4 is 5.69 Å². The zero-order chi connectivity index (χ0) is 15.3. The van der Waals surface area contributed by atoms with Crippen molar-refractivity contribution in [3.05, 3.63) is 24.3 Å². The van der Waals surface area contributed by atoms with Gasteiger partial charge in [-0.25, -0.2) is 0 Å². The zero-order valence-electron chi connectivity index (χ0n) is 12.1. The van der Waals surface area contributed by atoms with Crippen LogP contribution in [0, 0.1) is 0 Å². The molecule has 1 atom stereocenters. The van der Waals surface area contributed by atoms with Gasteiger partial charge < -0.3 is 15.0 Å². The molecule has 1 aromatic rings. The van der Waals surface area contributed by atoms with E-state index in [1.165, 1.54) is 31.4 Å². The number of nitrogens with zero attached hydrogens (tertiary/aromatic N) is 1. The van der Waals surface area contributed by atoms with E-state index in [9.17, 15) is 13.2 Å². The number of nitrogens with one attached hydrogen (secondary N) is 1. The second-order valence-corrected chi connectivity index (χ2v) is 5.42. The normalized spacial score (nSPS) is 20.3. The largest absolute Gasteiger partial charge is 0.573 e. The molecule has 0 bridgehead atoms. The van der Waals surface area contributed by atoms with Gasteiger partial charge >= 0.3 is 6.36 Å². The number of piperidine rings is 1. The summed E-state index contributed by atoms with van der Waals surface area (Å²) < 4.78 is 40.4. The summed E-state index contributed by atoms with van der Waals surface area (Å²) >= 11 is 0.